The molecular formula is C15H10NO2. The van der Waals surface area contributed by atoms with Crippen molar-refractivity contribution in [2.75, 3.05) is 7.11 Å². The highest BCUT2D eigenvalue weighted by Gasteiger charge is 2.07. The summed E-state index contributed by atoms with van der Waals surface area (Å²) in [5.74, 6) is -0.373. The largest absolute Gasteiger partial charge is 0.465 e. The van der Waals surface area contributed by atoms with Crippen LogP contribution in [0.2, 0.25) is 0 Å². The van der Waals surface area contributed by atoms with Crippen molar-refractivity contribution in [1.29, 1.82) is 5.26 Å². The van der Waals surface area contributed by atoms with Crippen molar-refractivity contribution in [1.82, 2.24) is 0 Å². The maximum atomic E-state index is 11.3. The molecule has 0 N–H and O–H groups in total. The minimum Gasteiger partial charge on any atom is -0.465 e. The average molecular weight is 236 g/mol. The van der Waals surface area contributed by atoms with Crippen LogP contribution in [0.25, 0.3) is 11.1 Å². The van der Waals surface area contributed by atoms with Crippen LogP contribution in [0.1, 0.15) is 15.9 Å². The van der Waals surface area contributed by atoms with Crippen LogP contribution in [0.15, 0.2) is 42.5 Å². The first-order valence-electron chi connectivity index (χ1n) is 5.35. The van der Waals surface area contributed by atoms with Crippen LogP contribution in [0.4, 0.5) is 0 Å². The van der Waals surface area contributed by atoms with Crippen molar-refractivity contribution < 1.29 is 9.53 Å². The zero-order valence-electron chi connectivity index (χ0n) is 9.81. The van der Waals surface area contributed by atoms with Gasteiger partial charge in [-0.1, -0.05) is 18.2 Å². The van der Waals surface area contributed by atoms with Crippen molar-refractivity contribution in [3.05, 3.63) is 59.7 Å². The minimum absolute atomic E-state index is 0.373. The molecule has 0 saturated carbocycles. The Labute approximate surface area is 105 Å². The Bertz CT molecular complexity index is 609. The van der Waals surface area contributed by atoms with Gasteiger partial charge < -0.3 is 4.74 Å². The Morgan fingerprint density at radius 1 is 1.28 bits per heavy atom. The molecule has 0 unspecified atom stereocenters. The van der Waals surface area contributed by atoms with Crippen LogP contribution in [0.3, 0.4) is 0 Å². The molecule has 0 aromatic heterocycles. The Hall–Kier alpha value is -2.60. The van der Waals surface area contributed by atoms with Crippen LogP contribution in [0.5, 0.6) is 0 Å². The van der Waals surface area contributed by atoms with Crippen molar-refractivity contribution in [2.45, 2.75) is 0 Å². The average Bonchev–Trinajstić information content (AvgIpc) is 2.46. The van der Waals surface area contributed by atoms with Gasteiger partial charge in [-0.2, -0.15) is 5.26 Å². The van der Waals surface area contributed by atoms with Gasteiger partial charge in [-0.25, -0.2) is 4.79 Å². The topological polar surface area (TPSA) is 50.1 Å². The molecular weight excluding hydrogens is 226 g/mol. The maximum absolute atomic E-state index is 11.3. The molecule has 0 heterocycles. The van der Waals surface area contributed by atoms with Gasteiger partial charge in [0.25, 0.3) is 0 Å². The number of benzene rings is 2. The lowest BCUT2D eigenvalue weighted by atomic mass is 9.99. The Morgan fingerprint density at radius 3 is 2.61 bits per heavy atom. The van der Waals surface area contributed by atoms with Gasteiger partial charge in [-0.15, -0.1) is 0 Å². The first-order chi connectivity index (χ1) is 8.76. The van der Waals surface area contributed by atoms with Gasteiger partial charge in [0.1, 0.15) is 0 Å². The maximum Gasteiger partial charge on any atom is 0.337 e. The van der Waals surface area contributed by atoms with E-state index < -0.39 is 0 Å². The zero-order chi connectivity index (χ0) is 13.0. The molecule has 3 nitrogen and oxygen atoms in total. The number of hydrogen-bond acceptors (Lipinski definition) is 3. The summed E-state index contributed by atoms with van der Waals surface area (Å²) < 4.78 is 4.63. The first kappa shape index (κ1) is 11.9. The summed E-state index contributed by atoms with van der Waals surface area (Å²) in [5.41, 5.74) is 2.74. The quantitative estimate of drug-likeness (QED) is 0.753. The molecule has 0 aliphatic heterocycles. The normalized spacial score (nSPS) is 9.56. The smallest absolute Gasteiger partial charge is 0.337 e. The molecule has 0 bridgehead atoms. The van der Waals surface area contributed by atoms with E-state index in [2.05, 4.69) is 16.9 Å². The zero-order valence-corrected chi connectivity index (χ0v) is 9.81. The predicted molar refractivity (Wildman–Crippen MR) is 66.8 cm³/mol. The first-order valence-corrected chi connectivity index (χ1v) is 5.35. The molecule has 0 amide bonds. The number of ether oxygens (including phenoxy) is 1. The number of carbonyl (C=O) groups is 1. The molecule has 1 radical (unpaired) electrons. The van der Waals surface area contributed by atoms with E-state index in [0.717, 1.165) is 11.1 Å². The Kier molecular flexibility index (Phi) is 3.40. The molecule has 2 aromatic carbocycles. The number of nitriles is 1. The molecule has 87 valence electrons. The van der Waals surface area contributed by atoms with Crippen molar-refractivity contribution in [2.24, 2.45) is 0 Å². The van der Waals surface area contributed by atoms with E-state index in [0.29, 0.717) is 11.1 Å². The molecule has 2 aromatic rings. The number of nitrogens with zero attached hydrogens (tertiary/aromatic N) is 1. The minimum atomic E-state index is -0.373. The summed E-state index contributed by atoms with van der Waals surface area (Å²) in [6.07, 6.45) is 0. The molecule has 3 heteroatoms. The summed E-state index contributed by atoms with van der Waals surface area (Å²) in [6, 6.07) is 17.2. The number of methoxy groups -OCH3 is 1. The molecule has 0 atom stereocenters. The van der Waals surface area contributed by atoms with E-state index in [9.17, 15) is 4.79 Å². The highest BCUT2D eigenvalue weighted by molar-refractivity contribution is 5.90. The Morgan fingerprint density at radius 2 is 2.00 bits per heavy atom. The van der Waals surface area contributed by atoms with E-state index >= 15 is 0 Å². The second-order valence-corrected chi connectivity index (χ2v) is 3.65. The molecule has 2 rings (SSSR count). The highest BCUT2D eigenvalue weighted by atomic mass is 16.5. The second kappa shape index (κ2) is 5.15. The summed E-state index contributed by atoms with van der Waals surface area (Å²) in [4.78, 5) is 11.3. The SMILES string of the molecule is COC(=O)c1ccc(-c2c[c]ccc2C#N)cc1. The third-order valence-electron chi connectivity index (χ3n) is 2.60. The van der Waals surface area contributed by atoms with E-state index in [4.69, 9.17) is 5.26 Å². The van der Waals surface area contributed by atoms with Crippen LogP contribution >= 0.6 is 0 Å². The predicted octanol–water partition coefficient (Wildman–Crippen LogP) is 2.81. The summed E-state index contributed by atoms with van der Waals surface area (Å²) in [6.45, 7) is 0. The highest BCUT2D eigenvalue weighted by Crippen LogP contribution is 2.23. The number of carbonyl (C=O) groups excluding carboxylic acids is 1. The van der Waals surface area contributed by atoms with E-state index in [-0.39, 0.29) is 5.97 Å². The van der Waals surface area contributed by atoms with Gasteiger partial charge in [0.2, 0.25) is 0 Å². The van der Waals surface area contributed by atoms with Gasteiger partial charge in [-0.05, 0) is 35.9 Å². The fourth-order valence-electron chi connectivity index (χ4n) is 1.67. The van der Waals surface area contributed by atoms with Crippen molar-refractivity contribution in [3.8, 4) is 17.2 Å². The molecule has 18 heavy (non-hydrogen) atoms. The number of rotatable bonds is 2. The van der Waals surface area contributed by atoms with E-state index in [1.165, 1.54) is 7.11 Å². The van der Waals surface area contributed by atoms with Gasteiger partial charge in [-0.3, -0.25) is 0 Å². The summed E-state index contributed by atoms with van der Waals surface area (Å²) in [5, 5.41) is 9.02. The van der Waals surface area contributed by atoms with E-state index in [1.54, 1.807) is 42.5 Å². The van der Waals surface area contributed by atoms with Crippen LogP contribution in [-0.2, 0) is 4.74 Å². The van der Waals surface area contributed by atoms with E-state index in [1.807, 2.05) is 0 Å². The van der Waals surface area contributed by atoms with Crippen molar-refractivity contribution in [3.63, 3.8) is 0 Å². The van der Waals surface area contributed by atoms with Gasteiger partial charge in [0.05, 0.1) is 24.3 Å². The fraction of sp³-hybridized carbons (Fsp3) is 0.0667. The molecule has 0 aliphatic rings. The molecule has 0 saturated heterocycles. The standard InChI is InChI=1S/C15H10NO2/c1-18-15(17)12-8-6-11(7-9-12)14-5-3-2-4-13(14)10-16/h2,4-9H,1H3. The lowest BCUT2D eigenvalue weighted by molar-refractivity contribution is 0.0601. The second-order valence-electron chi connectivity index (χ2n) is 3.65. The van der Waals surface area contributed by atoms with Crippen LogP contribution in [0, 0.1) is 17.4 Å². The lowest BCUT2D eigenvalue weighted by Gasteiger charge is -2.04. The van der Waals surface area contributed by atoms with Gasteiger partial charge in [0, 0.05) is 5.56 Å². The molecule has 0 spiro atoms. The van der Waals surface area contributed by atoms with Crippen molar-refractivity contribution >= 4 is 5.97 Å². The summed E-state index contributed by atoms with van der Waals surface area (Å²) in [7, 11) is 1.34. The molecule has 0 aliphatic carbocycles. The Balaban J connectivity index is 2.41. The van der Waals surface area contributed by atoms with Crippen LogP contribution in [-0.4, -0.2) is 13.1 Å². The number of hydrogen-bond donors (Lipinski definition) is 0. The van der Waals surface area contributed by atoms with Crippen LogP contribution < -0.4 is 0 Å². The molecule has 0 fully saturated rings. The third kappa shape index (κ3) is 2.23. The third-order valence-corrected chi connectivity index (χ3v) is 2.60. The number of esters is 1. The lowest BCUT2D eigenvalue weighted by Crippen LogP contribution is -2.00. The van der Waals surface area contributed by atoms with Gasteiger partial charge >= 0.3 is 5.97 Å². The monoisotopic (exact) mass is 236 g/mol. The summed E-state index contributed by atoms with van der Waals surface area (Å²) >= 11 is 0. The fourth-order valence-corrected chi connectivity index (χ4v) is 1.67. The van der Waals surface area contributed by atoms with Gasteiger partial charge in [0.15, 0.2) is 0 Å².